The van der Waals surface area contributed by atoms with Gasteiger partial charge < -0.3 is 10.5 Å². The molecule has 0 fully saturated rings. The van der Waals surface area contributed by atoms with Gasteiger partial charge in [-0.15, -0.1) is 0 Å². The van der Waals surface area contributed by atoms with E-state index in [1.54, 1.807) is 12.1 Å². The molecule has 6 heteroatoms. The molecule has 0 atom stereocenters. The minimum Gasteiger partial charge on any atom is -0.469 e. The summed E-state index contributed by atoms with van der Waals surface area (Å²) in [6.07, 6.45) is 0.414. The van der Waals surface area contributed by atoms with E-state index < -0.39 is 9.84 Å². The third-order valence-corrected chi connectivity index (χ3v) is 4.39. The van der Waals surface area contributed by atoms with Crippen LogP contribution in [0.1, 0.15) is 24.0 Å². The number of ether oxygens (including phenoxy) is 1. The Bertz CT molecular complexity index is 508. The van der Waals surface area contributed by atoms with Crippen molar-refractivity contribution in [2.75, 3.05) is 12.9 Å². The number of methoxy groups -OCH3 is 1. The second kappa shape index (κ2) is 7.25. The van der Waals surface area contributed by atoms with Crippen molar-refractivity contribution < 1.29 is 17.9 Å². The van der Waals surface area contributed by atoms with Gasteiger partial charge in [0.05, 0.1) is 18.6 Å². The number of rotatable bonds is 7. The number of carbonyl (C=O) groups is 1. The molecule has 1 rings (SSSR count). The lowest BCUT2D eigenvalue weighted by atomic mass is 10.1. The van der Waals surface area contributed by atoms with Gasteiger partial charge in [0, 0.05) is 13.0 Å². The maximum Gasteiger partial charge on any atom is 0.305 e. The van der Waals surface area contributed by atoms with Crippen LogP contribution in [0.5, 0.6) is 0 Å². The molecule has 19 heavy (non-hydrogen) atoms. The molecular formula is C13H19NO4S. The van der Waals surface area contributed by atoms with Gasteiger partial charge in [0.2, 0.25) is 0 Å². The van der Waals surface area contributed by atoms with Gasteiger partial charge >= 0.3 is 5.97 Å². The first-order valence-electron chi connectivity index (χ1n) is 6.02. The predicted molar refractivity (Wildman–Crippen MR) is 73.1 cm³/mol. The Balaban J connectivity index is 2.51. The number of esters is 1. The van der Waals surface area contributed by atoms with Crippen LogP contribution in [-0.2, 0) is 31.7 Å². The Hall–Kier alpha value is -1.40. The van der Waals surface area contributed by atoms with Gasteiger partial charge in [0.15, 0.2) is 9.84 Å². The van der Waals surface area contributed by atoms with Crippen LogP contribution in [-0.4, -0.2) is 27.2 Å². The highest BCUT2D eigenvalue weighted by molar-refractivity contribution is 7.90. The normalized spacial score (nSPS) is 11.3. The zero-order chi connectivity index (χ0) is 14.3. The standard InChI is InChI=1S/C13H19NO4S/c1-18-13(15)3-2-8-19(16,17)10-12-6-4-11(9-14)5-7-12/h4-7H,2-3,8-10,14H2,1H3. The third kappa shape index (κ3) is 5.85. The molecule has 0 saturated carbocycles. The molecule has 0 spiro atoms. The van der Waals surface area contributed by atoms with Gasteiger partial charge in [-0.05, 0) is 17.5 Å². The first-order chi connectivity index (χ1) is 8.96. The Morgan fingerprint density at radius 2 is 1.79 bits per heavy atom. The van der Waals surface area contributed by atoms with Crippen LogP contribution in [0.15, 0.2) is 24.3 Å². The second-order valence-electron chi connectivity index (χ2n) is 4.29. The fraction of sp³-hybridized carbons (Fsp3) is 0.462. The first-order valence-corrected chi connectivity index (χ1v) is 7.84. The lowest BCUT2D eigenvalue weighted by Gasteiger charge is -2.05. The topological polar surface area (TPSA) is 86.5 Å². The van der Waals surface area contributed by atoms with E-state index in [9.17, 15) is 13.2 Å². The maximum absolute atomic E-state index is 11.8. The fourth-order valence-corrected chi connectivity index (χ4v) is 3.06. The summed E-state index contributed by atoms with van der Waals surface area (Å²) in [5.74, 6) is -0.415. The summed E-state index contributed by atoms with van der Waals surface area (Å²) in [5.41, 5.74) is 7.17. The largest absolute Gasteiger partial charge is 0.469 e. The summed E-state index contributed by atoms with van der Waals surface area (Å²) >= 11 is 0. The van der Waals surface area contributed by atoms with Gasteiger partial charge in [-0.25, -0.2) is 8.42 Å². The van der Waals surface area contributed by atoms with E-state index >= 15 is 0 Å². The molecule has 5 nitrogen and oxygen atoms in total. The molecular weight excluding hydrogens is 266 g/mol. The van der Waals surface area contributed by atoms with Gasteiger partial charge in [-0.1, -0.05) is 24.3 Å². The maximum atomic E-state index is 11.8. The fourth-order valence-electron chi connectivity index (χ4n) is 1.64. The molecule has 106 valence electrons. The highest BCUT2D eigenvalue weighted by Gasteiger charge is 2.13. The Labute approximate surface area is 113 Å². The molecule has 0 heterocycles. The Morgan fingerprint density at radius 1 is 1.21 bits per heavy atom. The summed E-state index contributed by atoms with van der Waals surface area (Å²) in [6.45, 7) is 0.437. The number of nitrogens with two attached hydrogens (primary N) is 1. The average Bonchev–Trinajstić information content (AvgIpc) is 2.38. The van der Waals surface area contributed by atoms with Gasteiger partial charge in [0.25, 0.3) is 0 Å². The molecule has 0 aliphatic heterocycles. The molecule has 0 aromatic heterocycles. The minimum absolute atomic E-state index is 0.0132. The molecule has 2 N–H and O–H groups in total. The average molecular weight is 285 g/mol. The van der Waals surface area contributed by atoms with Crippen molar-refractivity contribution >= 4 is 15.8 Å². The van der Waals surface area contributed by atoms with E-state index in [0.29, 0.717) is 6.54 Å². The van der Waals surface area contributed by atoms with Crippen molar-refractivity contribution in [2.24, 2.45) is 5.73 Å². The van der Waals surface area contributed by atoms with E-state index in [1.807, 2.05) is 12.1 Å². The van der Waals surface area contributed by atoms with Crippen LogP contribution in [0.4, 0.5) is 0 Å². The zero-order valence-electron chi connectivity index (χ0n) is 11.0. The summed E-state index contributed by atoms with van der Waals surface area (Å²) in [7, 11) is -1.91. The van der Waals surface area contributed by atoms with Gasteiger partial charge in [-0.3, -0.25) is 4.79 Å². The van der Waals surface area contributed by atoms with Crippen molar-refractivity contribution in [3.8, 4) is 0 Å². The predicted octanol–water partition coefficient (Wildman–Crippen LogP) is 1.01. The summed E-state index contributed by atoms with van der Waals surface area (Å²) in [4.78, 5) is 10.9. The highest BCUT2D eigenvalue weighted by atomic mass is 32.2. The van der Waals surface area contributed by atoms with Crippen molar-refractivity contribution in [3.05, 3.63) is 35.4 Å². The monoisotopic (exact) mass is 285 g/mol. The molecule has 1 aromatic carbocycles. The minimum atomic E-state index is -3.20. The van der Waals surface area contributed by atoms with Crippen molar-refractivity contribution in [3.63, 3.8) is 0 Å². The Morgan fingerprint density at radius 3 is 2.32 bits per heavy atom. The second-order valence-corrected chi connectivity index (χ2v) is 6.48. The van der Waals surface area contributed by atoms with Crippen LogP contribution in [0.2, 0.25) is 0 Å². The lowest BCUT2D eigenvalue weighted by molar-refractivity contribution is -0.140. The van der Waals surface area contributed by atoms with E-state index in [0.717, 1.165) is 11.1 Å². The van der Waals surface area contributed by atoms with Crippen LogP contribution < -0.4 is 5.73 Å². The smallest absolute Gasteiger partial charge is 0.305 e. The number of hydrogen-bond acceptors (Lipinski definition) is 5. The zero-order valence-corrected chi connectivity index (χ0v) is 11.8. The summed E-state index contributed by atoms with van der Waals surface area (Å²) in [5, 5.41) is 0. The molecule has 0 saturated heterocycles. The summed E-state index contributed by atoms with van der Waals surface area (Å²) in [6, 6.07) is 7.17. The number of benzene rings is 1. The molecule has 0 unspecified atom stereocenters. The van der Waals surface area contributed by atoms with Crippen LogP contribution in [0, 0.1) is 0 Å². The molecule has 1 aromatic rings. The SMILES string of the molecule is COC(=O)CCCS(=O)(=O)Cc1ccc(CN)cc1. The Kier molecular flexibility index (Phi) is 5.98. The number of hydrogen-bond donors (Lipinski definition) is 1. The van der Waals surface area contributed by atoms with Gasteiger partial charge in [-0.2, -0.15) is 0 Å². The molecule has 0 bridgehead atoms. The van der Waals surface area contributed by atoms with E-state index in [1.165, 1.54) is 7.11 Å². The number of sulfone groups is 1. The first kappa shape index (κ1) is 15.7. The van der Waals surface area contributed by atoms with Crippen molar-refractivity contribution in [1.82, 2.24) is 0 Å². The summed E-state index contributed by atoms with van der Waals surface area (Å²) < 4.78 is 28.2. The van der Waals surface area contributed by atoms with Gasteiger partial charge in [0.1, 0.15) is 0 Å². The van der Waals surface area contributed by atoms with E-state index in [2.05, 4.69) is 4.74 Å². The van der Waals surface area contributed by atoms with E-state index in [-0.39, 0.29) is 30.3 Å². The van der Waals surface area contributed by atoms with Crippen LogP contribution in [0.25, 0.3) is 0 Å². The third-order valence-electron chi connectivity index (χ3n) is 2.71. The van der Waals surface area contributed by atoms with E-state index in [4.69, 9.17) is 5.73 Å². The highest BCUT2D eigenvalue weighted by Crippen LogP contribution is 2.10. The van der Waals surface area contributed by atoms with Crippen LogP contribution in [0.3, 0.4) is 0 Å². The molecule has 0 radical (unpaired) electrons. The quantitative estimate of drug-likeness (QED) is 0.756. The molecule has 0 aliphatic rings. The lowest BCUT2D eigenvalue weighted by Crippen LogP contribution is -2.11. The number of carbonyl (C=O) groups excluding carboxylic acids is 1. The van der Waals surface area contributed by atoms with Crippen LogP contribution >= 0.6 is 0 Å². The molecule has 0 amide bonds. The van der Waals surface area contributed by atoms with Crippen molar-refractivity contribution in [2.45, 2.75) is 25.1 Å². The van der Waals surface area contributed by atoms with Crippen molar-refractivity contribution in [1.29, 1.82) is 0 Å². The molecule has 0 aliphatic carbocycles.